The van der Waals surface area contributed by atoms with Gasteiger partial charge in [0.1, 0.15) is 0 Å². The molecule has 3 rings (SSSR count). The van der Waals surface area contributed by atoms with Gasteiger partial charge in [0, 0.05) is 16.8 Å². The van der Waals surface area contributed by atoms with E-state index < -0.39 is 0 Å². The van der Waals surface area contributed by atoms with Crippen molar-refractivity contribution in [2.24, 2.45) is 0 Å². The highest BCUT2D eigenvalue weighted by atomic mass is 32.1. The standard InChI is InChI=1S/C13H20N2S/c1-10-7-13(14-16-10)11-8-12(9-11)15-5-3-2-4-6-15/h7,11-12H,2-6,8-9H2,1H3. The van der Waals surface area contributed by atoms with Gasteiger partial charge in [-0.1, -0.05) is 6.42 Å². The molecule has 2 aliphatic rings. The molecule has 1 saturated carbocycles. The first-order chi connectivity index (χ1) is 7.83. The van der Waals surface area contributed by atoms with Crippen LogP contribution < -0.4 is 0 Å². The summed E-state index contributed by atoms with van der Waals surface area (Å²) in [6.07, 6.45) is 6.97. The van der Waals surface area contributed by atoms with Gasteiger partial charge >= 0.3 is 0 Å². The van der Waals surface area contributed by atoms with Gasteiger partial charge in [0.05, 0.1) is 5.69 Å². The molecule has 2 nitrogen and oxygen atoms in total. The molecule has 0 N–H and O–H groups in total. The summed E-state index contributed by atoms with van der Waals surface area (Å²) in [5.41, 5.74) is 1.36. The van der Waals surface area contributed by atoms with E-state index in [-0.39, 0.29) is 0 Å². The lowest BCUT2D eigenvalue weighted by Crippen LogP contribution is -2.46. The van der Waals surface area contributed by atoms with Crippen LogP contribution in [0.3, 0.4) is 0 Å². The van der Waals surface area contributed by atoms with Gasteiger partial charge in [-0.15, -0.1) is 0 Å². The van der Waals surface area contributed by atoms with E-state index in [0.29, 0.717) is 0 Å². The quantitative estimate of drug-likeness (QED) is 0.784. The SMILES string of the molecule is Cc1cc(C2CC(N3CCCCC3)C2)ns1. The average Bonchev–Trinajstić information content (AvgIpc) is 2.64. The number of nitrogens with zero attached hydrogens (tertiary/aromatic N) is 2. The molecule has 0 spiro atoms. The normalized spacial score (nSPS) is 31.3. The Balaban J connectivity index is 1.54. The number of piperidine rings is 1. The summed E-state index contributed by atoms with van der Waals surface area (Å²) in [6.45, 7) is 4.84. The van der Waals surface area contributed by atoms with Crippen molar-refractivity contribution in [1.82, 2.24) is 9.27 Å². The number of rotatable bonds is 2. The third kappa shape index (κ3) is 2.03. The zero-order valence-electron chi connectivity index (χ0n) is 9.98. The van der Waals surface area contributed by atoms with Crippen LogP contribution in [0.5, 0.6) is 0 Å². The van der Waals surface area contributed by atoms with Crippen molar-refractivity contribution < 1.29 is 0 Å². The highest BCUT2D eigenvalue weighted by Gasteiger charge is 2.35. The second-order valence-corrected chi connectivity index (χ2v) is 6.29. The van der Waals surface area contributed by atoms with Gasteiger partial charge in [0.15, 0.2) is 0 Å². The third-order valence-electron chi connectivity index (χ3n) is 4.08. The second-order valence-electron chi connectivity index (χ2n) is 5.28. The Morgan fingerprint density at radius 3 is 2.62 bits per heavy atom. The number of hydrogen-bond donors (Lipinski definition) is 0. The van der Waals surface area contributed by atoms with Crippen molar-refractivity contribution in [3.8, 4) is 0 Å². The van der Waals surface area contributed by atoms with Crippen LogP contribution in [0.1, 0.15) is 48.6 Å². The molecule has 1 aromatic heterocycles. The van der Waals surface area contributed by atoms with Crippen molar-refractivity contribution in [2.75, 3.05) is 13.1 Å². The smallest absolute Gasteiger partial charge is 0.0577 e. The fourth-order valence-corrected chi connectivity index (χ4v) is 3.61. The van der Waals surface area contributed by atoms with E-state index >= 15 is 0 Å². The fraction of sp³-hybridized carbons (Fsp3) is 0.769. The zero-order chi connectivity index (χ0) is 11.0. The van der Waals surface area contributed by atoms with E-state index in [9.17, 15) is 0 Å². The molecular weight excluding hydrogens is 216 g/mol. The molecule has 0 radical (unpaired) electrons. The first-order valence-electron chi connectivity index (χ1n) is 6.50. The Kier molecular flexibility index (Phi) is 2.99. The Morgan fingerprint density at radius 2 is 2.00 bits per heavy atom. The van der Waals surface area contributed by atoms with Gasteiger partial charge in [-0.05, 0) is 63.3 Å². The van der Waals surface area contributed by atoms with Gasteiger partial charge in [-0.25, -0.2) is 0 Å². The van der Waals surface area contributed by atoms with Crippen molar-refractivity contribution in [2.45, 2.75) is 51.0 Å². The molecule has 0 unspecified atom stereocenters. The number of aryl methyl sites for hydroxylation is 1. The van der Waals surface area contributed by atoms with Gasteiger partial charge in [0.25, 0.3) is 0 Å². The molecule has 1 aliphatic heterocycles. The summed E-state index contributed by atoms with van der Waals surface area (Å²) in [5, 5.41) is 0. The molecule has 3 heteroatoms. The summed E-state index contributed by atoms with van der Waals surface area (Å²) < 4.78 is 4.54. The summed E-state index contributed by atoms with van der Waals surface area (Å²) >= 11 is 1.66. The maximum absolute atomic E-state index is 4.54. The largest absolute Gasteiger partial charge is 0.300 e. The van der Waals surface area contributed by atoms with E-state index in [1.165, 1.54) is 55.8 Å². The van der Waals surface area contributed by atoms with Crippen molar-refractivity contribution in [1.29, 1.82) is 0 Å². The summed E-state index contributed by atoms with van der Waals surface area (Å²) in [7, 11) is 0. The number of aromatic nitrogens is 1. The van der Waals surface area contributed by atoms with Crippen LogP contribution in [0.25, 0.3) is 0 Å². The Hall–Kier alpha value is -0.410. The predicted octanol–water partition coefficient (Wildman–Crippen LogP) is 3.18. The highest BCUT2D eigenvalue weighted by Crippen LogP contribution is 2.40. The molecule has 1 aliphatic carbocycles. The molecule has 1 saturated heterocycles. The van der Waals surface area contributed by atoms with Gasteiger partial charge in [-0.2, -0.15) is 4.37 Å². The van der Waals surface area contributed by atoms with E-state index in [1.54, 1.807) is 11.5 Å². The fourth-order valence-electron chi connectivity index (χ4n) is 2.99. The van der Waals surface area contributed by atoms with Crippen LogP contribution in [-0.4, -0.2) is 28.4 Å². The van der Waals surface area contributed by atoms with E-state index in [1.807, 2.05) is 0 Å². The van der Waals surface area contributed by atoms with Crippen molar-refractivity contribution >= 4 is 11.5 Å². The monoisotopic (exact) mass is 236 g/mol. The maximum atomic E-state index is 4.54. The van der Waals surface area contributed by atoms with E-state index in [4.69, 9.17) is 0 Å². The molecule has 16 heavy (non-hydrogen) atoms. The topological polar surface area (TPSA) is 16.1 Å². The second kappa shape index (κ2) is 4.46. The predicted molar refractivity (Wildman–Crippen MR) is 68.0 cm³/mol. The molecule has 0 bridgehead atoms. The molecule has 2 fully saturated rings. The average molecular weight is 236 g/mol. The lowest BCUT2D eigenvalue weighted by atomic mass is 9.77. The van der Waals surface area contributed by atoms with Crippen LogP contribution in [0.2, 0.25) is 0 Å². The minimum absolute atomic E-state index is 0.761. The third-order valence-corrected chi connectivity index (χ3v) is 4.79. The van der Waals surface area contributed by atoms with E-state index in [2.05, 4.69) is 22.3 Å². The van der Waals surface area contributed by atoms with Crippen LogP contribution in [0, 0.1) is 6.92 Å². The van der Waals surface area contributed by atoms with Crippen molar-refractivity contribution in [3.63, 3.8) is 0 Å². The lowest BCUT2D eigenvalue weighted by Gasteiger charge is -2.44. The zero-order valence-corrected chi connectivity index (χ0v) is 10.8. The first-order valence-corrected chi connectivity index (χ1v) is 7.27. The van der Waals surface area contributed by atoms with Gasteiger partial charge in [-0.3, -0.25) is 0 Å². The summed E-state index contributed by atoms with van der Waals surface area (Å²) in [5.74, 6) is 0.761. The van der Waals surface area contributed by atoms with Gasteiger partial charge < -0.3 is 4.90 Å². The summed E-state index contributed by atoms with van der Waals surface area (Å²) in [4.78, 5) is 4.07. The maximum Gasteiger partial charge on any atom is 0.0577 e. The number of likely N-dealkylation sites (tertiary alicyclic amines) is 1. The summed E-state index contributed by atoms with van der Waals surface area (Å²) in [6, 6.07) is 3.15. The van der Waals surface area contributed by atoms with Crippen LogP contribution >= 0.6 is 11.5 Å². The van der Waals surface area contributed by atoms with E-state index in [0.717, 1.165) is 12.0 Å². The molecule has 0 amide bonds. The minimum atomic E-state index is 0.761. The Bertz CT molecular complexity index is 349. The van der Waals surface area contributed by atoms with Crippen LogP contribution in [0.4, 0.5) is 0 Å². The molecule has 2 heterocycles. The molecule has 1 aromatic rings. The van der Waals surface area contributed by atoms with Crippen LogP contribution in [0.15, 0.2) is 6.07 Å². The molecular formula is C13H20N2S. The lowest BCUT2D eigenvalue weighted by molar-refractivity contribution is 0.0879. The molecule has 0 atom stereocenters. The van der Waals surface area contributed by atoms with Crippen molar-refractivity contribution in [3.05, 3.63) is 16.6 Å². The minimum Gasteiger partial charge on any atom is -0.300 e. The first kappa shape index (κ1) is 10.7. The van der Waals surface area contributed by atoms with Gasteiger partial charge in [0.2, 0.25) is 0 Å². The Labute approximate surface area is 102 Å². The molecule has 0 aromatic carbocycles. The Morgan fingerprint density at radius 1 is 1.25 bits per heavy atom. The molecule has 88 valence electrons. The highest BCUT2D eigenvalue weighted by molar-refractivity contribution is 7.05. The van der Waals surface area contributed by atoms with Crippen LogP contribution in [-0.2, 0) is 0 Å². The number of hydrogen-bond acceptors (Lipinski definition) is 3.